The normalized spacial score (nSPS) is 12.8. The van der Waals surface area contributed by atoms with Crippen molar-refractivity contribution in [3.05, 3.63) is 48.0 Å². The van der Waals surface area contributed by atoms with Crippen molar-refractivity contribution < 1.29 is 33.3 Å². The molecule has 2 aromatic carbocycles. The van der Waals surface area contributed by atoms with Gasteiger partial charge in [-0.2, -0.15) is 0 Å². The SMILES string of the molecule is CCOC(=O)C(=O)c1ccc2c(c1)OCO2.c1ccc2c(c1)OCO2. The van der Waals surface area contributed by atoms with Crippen LogP contribution < -0.4 is 18.9 Å². The van der Waals surface area contributed by atoms with Gasteiger partial charge >= 0.3 is 5.97 Å². The molecule has 25 heavy (non-hydrogen) atoms. The van der Waals surface area contributed by atoms with Crippen molar-refractivity contribution in [2.24, 2.45) is 0 Å². The first-order chi connectivity index (χ1) is 12.2. The lowest BCUT2D eigenvalue weighted by Crippen LogP contribution is -2.17. The van der Waals surface area contributed by atoms with E-state index in [4.69, 9.17) is 18.9 Å². The highest BCUT2D eigenvalue weighted by Crippen LogP contribution is 2.32. The maximum Gasteiger partial charge on any atom is 0.379 e. The molecule has 0 bridgehead atoms. The van der Waals surface area contributed by atoms with Crippen molar-refractivity contribution in [1.82, 2.24) is 0 Å². The van der Waals surface area contributed by atoms with Gasteiger partial charge in [0.15, 0.2) is 23.0 Å². The highest BCUT2D eigenvalue weighted by Gasteiger charge is 2.21. The number of Topliss-reactive ketones (excluding diaryl/α,β-unsaturated/α-hetero) is 1. The smallest absolute Gasteiger partial charge is 0.379 e. The lowest BCUT2D eigenvalue weighted by molar-refractivity contribution is -0.137. The monoisotopic (exact) mass is 344 g/mol. The molecule has 0 unspecified atom stereocenters. The molecule has 7 nitrogen and oxygen atoms in total. The zero-order chi connectivity index (χ0) is 17.6. The number of hydrogen-bond acceptors (Lipinski definition) is 7. The average molecular weight is 344 g/mol. The Bertz CT molecular complexity index is 762. The Morgan fingerprint density at radius 2 is 1.44 bits per heavy atom. The molecule has 0 atom stereocenters. The van der Waals surface area contributed by atoms with Crippen molar-refractivity contribution in [2.45, 2.75) is 6.92 Å². The topological polar surface area (TPSA) is 80.3 Å². The van der Waals surface area contributed by atoms with Crippen LogP contribution in [-0.2, 0) is 9.53 Å². The summed E-state index contributed by atoms with van der Waals surface area (Å²) in [6.45, 7) is 2.31. The van der Waals surface area contributed by atoms with E-state index < -0.39 is 11.8 Å². The first-order valence-corrected chi connectivity index (χ1v) is 7.64. The maximum absolute atomic E-state index is 11.6. The molecule has 0 aliphatic carbocycles. The van der Waals surface area contributed by atoms with E-state index in [1.165, 1.54) is 12.1 Å². The molecule has 130 valence electrons. The van der Waals surface area contributed by atoms with E-state index in [-0.39, 0.29) is 19.0 Å². The minimum absolute atomic E-state index is 0.131. The number of rotatable bonds is 3. The molecule has 4 rings (SSSR count). The van der Waals surface area contributed by atoms with Crippen molar-refractivity contribution in [1.29, 1.82) is 0 Å². The van der Waals surface area contributed by atoms with Crippen molar-refractivity contribution in [2.75, 3.05) is 20.2 Å². The summed E-state index contributed by atoms with van der Waals surface area (Å²) in [6, 6.07) is 12.2. The number of carbonyl (C=O) groups is 2. The molecule has 0 saturated heterocycles. The fourth-order valence-electron chi connectivity index (χ4n) is 2.20. The van der Waals surface area contributed by atoms with Crippen molar-refractivity contribution in [3.63, 3.8) is 0 Å². The quantitative estimate of drug-likeness (QED) is 0.481. The third-order valence-corrected chi connectivity index (χ3v) is 3.37. The standard InChI is InChI=1S/C11H10O5.C7H6O2/c1-2-14-11(13)10(12)7-3-4-8-9(5-7)16-6-15-8;1-2-4-7-6(3-1)8-5-9-7/h3-5H,2,6H2,1H3;1-4H,5H2. The minimum atomic E-state index is -0.860. The number of esters is 1. The minimum Gasteiger partial charge on any atom is -0.460 e. The van der Waals surface area contributed by atoms with Gasteiger partial charge in [0.25, 0.3) is 5.78 Å². The Morgan fingerprint density at radius 1 is 0.880 bits per heavy atom. The largest absolute Gasteiger partial charge is 0.460 e. The summed E-state index contributed by atoms with van der Waals surface area (Å²) in [5.41, 5.74) is 0.239. The van der Waals surface area contributed by atoms with E-state index in [9.17, 15) is 9.59 Å². The first kappa shape index (κ1) is 16.6. The van der Waals surface area contributed by atoms with E-state index in [0.717, 1.165) is 11.5 Å². The van der Waals surface area contributed by atoms with Gasteiger partial charge in [0.1, 0.15) is 0 Å². The zero-order valence-corrected chi connectivity index (χ0v) is 13.5. The third kappa shape index (κ3) is 3.82. The van der Waals surface area contributed by atoms with Crippen LogP contribution in [-0.4, -0.2) is 31.9 Å². The maximum atomic E-state index is 11.6. The number of ketones is 1. The van der Waals surface area contributed by atoms with Crippen LogP contribution in [0.2, 0.25) is 0 Å². The Kier molecular flexibility index (Phi) is 5.03. The summed E-state index contributed by atoms with van der Waals surface area (Å²) in [6.07, 6.45) is 0. The van der Waals surface area contributed by atoms with Gasteiger partial charge in [-0.15, -0.1) is 0 Å². The summed E-state index contributed by atoms with van der Waals surface area (Å²) < 4.78 is 25.0. The number of fused-ring (bicyclic) bond motifs is 2. The fourth-order valence-corrected chi connectivity index (χ4v) is 2.20. The summed E-state index contributed by atoms with van der Waals surface area (Å²) >= 11 is 0. The number of para-hydroxylation sites is 2. The lowest BCUT2D eigenvalue weighted by atomic mass is 10.1. The molecule has 0 spiro atoms. The van der Waals surface area contributed by atoms with Gasteiger partial charge in [-0.05, 0) is 37.3 Å². The molecular weight excluding hydrogens is 328 g/mol. The first-order valence-electron chi connectivity index (χ1n) is 7.64. The fraction of sp³-hybridized carbons (Fsp3) is 0.222. The van der Waals surface area contributed by atoms with Gasteiger partial charge < -0.3 is 23.7 Å². The van der Waals surface area contributed by atoms with Crippen LogP contribution in [0.1, 0.15) is 17.3 Å². The Hall–Kier alpha value is -3.22. The molecular formula is C18H16O7. The van der Waals surface area contributed by atoms with Gasteiger partial charge in [0, 0.05) is 5.56 Å². The summed E-state index contributed by atoms with van der Waals surface area (Å²) in [7, 11) is 0. The van der Waals surface area contributed by atoms with E-state index in [1.807, 2.05) is 24.3 Å². The summed E-state index contributed by atoms with van der Waals surface area (Å²) in [5.74, 6) is 1.19. The number of benzene rings is 2. The summed E-state index contributed by atoms with van der Waals surface area (Å²) in [5, 5.41) is 0. The number of hydrogen-bond donors (Lipinski definition) is 0. The van der Waals surface area contributed by atoms with Gasteiger partial charge in [-0.3, -0.25) is 4.79 Å². The molecule has 2 heterocycles. The van der Waals surface area contributed by atoms with Crippen LogP contribution in [0.3, 0.4) is 0 Å². The van der Waals surface area contributed by atoms with Crippen LogP contribution in [0.4, 0.5) is 0 Å². The average Bonchev–Trinajstić information content (AvgIpc) is 3.30. The second-order valence-corrected chi connectivity index (χ2v) is 4.97. The van der Waals surface area contributed by atoms with E-state index in [0.29, 0.717) is 18.3 Å². The molecule has 0 aromatic heterocycles. The second-order valence-electron chi connectivity index (χ2n) is 4.97. The third-order valence-electron chi connectivity index (χ3n) is 3.37. The highest BCUT2D eigenvalue weighted by molar-refractivity contribution is 6.40. The molecule has 0 radical (unpaired) electrons. The molecule has 2 aliphatic rings. The molecule has 0 amide bonds. The second kappa shape index (κ2) is 7.57. The van der Waals surface area contributed by atoms with E-state index >= 15 is 0 Å². The van der Waals surface area contributed by atoms with Gasteiger partial charge in [0.05, 0.1) is 6.61 Å². The van der Waals surface area contributed by atoms with Gasteiger partial charge in [0.2, 0.25) is 13.6 Å². The molecule has 0 fully saturated rings. The Morgan fingerprint density at radius 3 is 2.04 bits per heavy atom. The molecule has 7 heteroatoms. The predicted octanol–water partition coefficient (Wildman–Crippen LogP) is 2.58. The molecule has 0 N–H and O–H groups in total. The predicted molar refractivity (Wildman–Crippen MR) is 86.1 cm³/mol. The zero-order valence-electron chi connectivity index (χ0n) is 13.5. The van der Waals surface area contributed by atoms with Crippen LogP contribution in [0.5, 0.6) is 23.0 Å². The van der Waals surface area contributed by atoms with Crippen LogP contribution >= 0.6 is 0 Å². The van der Waals surface area contributed by atoms with E-state index in [1.54, 1.807) is 13.0 Å². The van der Waals surface area contributed by atoms with Crippen LogP contribution in [0, 0.1) is 0 Å². The number of ether oxygens (including phenoxy) is 5. The summed E-state index contributed by atoms with van der Waals surface area (Å²) in [4.78, 5) is 22.8. The Labute approximate surface area is 144 Å². The van der Waals surface area contributed by atoms with Crippen LogP contribution in [0.25, 0.3) is 0 Å². The van der Waals surface area contributed by atoms with Crippen molar-refractivity contribution >= 4 is 11.8 Å². The van der Waals surface area contributed by atoms with Gasteiger partial charge in [-0.25, -0.2) is 4.79 Å². The highest BCUT2D eigenvalue weighted by atomic mass is 16.7. The van der Waals surface area contributed by atoms with Crippen molar-refractivity contribution in [3.8, 4) is 23.0 Å². The Balaban J connectivity index is 0.000000170. The van der Waals surface area contributed by atoms with Crippen LogP contribution in [0.15, 0.2) is 42.5 Å². The lowest BCUT2D eigenvalue weighted by Gasteiger charge is -2.02. The van der Waals surface area contributed by atoms with Gasteiger partial charge in [-0.1, -0.05) is 12.1 Å². The van der Waals surface area contributed by atoms with E-state index in [2.05, 4.69) is 4.74 Å². The number of carbonyl (C=O) groups excluding carboxylic acids is 2. The molecule has 2 aliphatic heterocycles. The molecule has 2 aromatic rings. The molecule has 0 saturated carbocycles.